The maximum absolute atomic E-state index is 12.9. The lowest BCUT2D eigenvalue weighted by Gasteiger charge is -2.51. The molecule has 4 rings (SSSR count). The van der Waals surface area contributed by atoms with Crippen molar-refractivity contribution in [2.75, 3.05) is 23.9 Å². The van der Waals surface area contributed by atoms with E-state index in [1.165, 1.54) is 37.9 Å². The molecule has 1 heterocycles. The molecule has 2 saturated carbocycles. The highest BCUT2D eigenvalue weighted by molar-refractivity contribution is 8.21. The van der Waals surface area contributed by atoms with E-state index in [1.807, 2.05) is 0 Å². The Morgan fingerprint density at radius 2 is 1.87 bits per heavy atom. The van der Waals surface area contributed by atoms with Crippen LogP contribution in [0.3, 0.4) is 0 Å². The molecule has 3 aliphatic rings. The number of nitrogens with one attached hydrogen (secondary N) is 1. The maximum atomic E-state index is 12.9. The minimum absolute atomic E-state index is 0.108. The Balaban J connectivity index is 1.37. The minimum atomic E-state index is -0.882. The Kier molecular flexibility index (Phi) is 6.80. The monoisotopic (exact) mass is 469 g/mol. The number of hydrogen-bond donors (Lipinski definition) is 1. The number of carbonyl (C=O) groups is 2. The molecule has 1 saturated heterocycles. The molecule has 1 spiro atoms. The average Bonchev–Trinajstić information content (AvgIpc) is 3.17. The summed E-state index contributed by atoms with van der Waals surface area (Å²) in [7, 11) is 1.52. The standard InChI is InChI=1S/C22H28ClNO4S2/c1-13(20(25)24-18-12-17(23)6-7-19(18)27-2)28-21(26)14-10-15-4-3-5-16(11-14)22(15)29-8-9-30-22/h6-7,12-16H,3-5,8-11H2,1-2H3,(H,24,25). The van der Waals surface area contributed by atoms with Gasteiger partial charge in [-0.15, -0.1) is 23.5 Å². The second kappa shape index (κ2) is 9.21. The number of rotatable bonds is 5. The highest BCUT2D eigenvalue weighted by Gasteiger charge is 2.55. The second-order valence-electron chi connectivity index (χ2n) is 8.32. The first-order valence-corrected chi connectivity index (χ1v) is 12.9. The van der Waals surface area contributed by atoms with Crippen molar-refractivity contribution in [1.82, 2.24) is 0 Å². The number of thioether (sulfide) groups is 2. The lowest BCUT2D eigenvalue weighted by molar-refractivity contribution is -0.159. The summed E-state index contributed by atoms with van der Waals surface area (Å²) in [6, 6.07) is 4.99. The summed E-state index contributed by atoms with van der Waals surface area (Å²) in [6.45, 7) is 1.61. The van der Waals surface area contributed by atoms with E-state index in [0.717, 1.165) is 12.8 Å². The number of anilines is 1. The highest BCUT2D eigenvalue weighted by atomic mass is 35.5. The van der Waals surface area contributed by atoms with E-state index < -0.39 is 12.0 Å². The molecule has 2 bridgehead atoms. The molecular weight excluding hydrogens is 442 g/mol. The Bertz CT molecular complexity index is 798. The van der Waals surface area contributed by atoms with Crippen LogP contribution in [0.5, 0.6) is 5.75 Å². The number of methoxy groups -OCH3 is 1. The van der Waals surface area contributed by atoms with Crippen LogP contribution in [0.2, 0.25) is 5.02 Å². The van der Waals surface area contributed by atoms with E-state index >= 15 is 0 Å². The molecule has 1 aromatic carbocycles. The summed E-state index contributed by atoms with van der Waals surface area (Å²) in [5.74, 6) is 3.34. The van der Waals surface area contributed by atoms with Gasteiger partial charge in [-0.1, -0.05) is 18.0 Å². The fourth-order valence-electron chi connectivity index (χ4n) is 5.14. The Morgan fingerprint density at radius 3 is 2.50 bits per heavy atom. The van der Waals surface area contributed by atoms with Crippen molar-refractivity contribution < 1.29 is 19.1 Å². The van der Waals surface area contributed by atoms with E-state index in [-0.39, 0.29) is 11.9 Å². The van der Waals surface area contributed by atoms with Crippen molar-refractivity contribution in [2.24, 2.45) is 17.8 Å². The number of carbonyl (C=O) groups excluding carboxylic acids is 2. The molecule has 0 radical (unpaired) electrons. The van der Waals surface area contributed by atoms with Gasteiger partial charge in [0.15, 0.2) is 6.10 Å². The smallest absolute Gasteiger partial charge is 0.309 e. The quantitative estimate of drug-likeness (QED) is 0.596. The third-order valence-corrected chi connectivity index (χ3v) is 10.8. The van der Waals surface area contributed by atoms with Gasteiger partial charge in [0, 0.05) is 16.5 Å². The van der Waals surface area contributed by atoms with Gasteiger partial charge in [0.2, 0.25) is 0 Å². The molecule has 1 N–H and O–H groups in total. The second-order valence-corrected chi connectivity index (χ2v) is 11.8. The zero-order valence-electron chi connectivity index (χ0n) is 17.3. The van der Waals surface area contributed by atoms with Crippen molar-refractivity contribution >= 4 is 52.7 Å². The first-order valence-electron chi connectivity index (χ1n) is 10.6. The molecule has 5 nitrogen and oxygen atoms in total. The highest BCUT2D eigenvalue weighted by Crippen LogP contribution is 2.64. The summed E-state index contributed by atoms with van der Waals surface area (Å²) in [4.78, 5) is 25.5. The van der Waals surface area contributed by atoms with Crippen LogP contribution in [-0.2, 0) is 14.3 Å². The lowest BCUT2D eigenvalue weighted by atomic mass is 9.67. The first kappa shape index (κ1) is 22.2. The third kappa shape index (κ3) is 4.30. The zero-order valence-corrected chi connectivity index (χ0v) is 19.7. The molecule has 0 aromatic heterocycles. The molecule has 3 unspecified atom stereocenters. The summed E-state index contributed by atoms with van der Waals surface area (Å²) in [6.07, 6.45) is 4.54. The molecule has 30 heavy (non-hydrogen) atoms. The molecule has 2 aliphatic carbocycles. The van der Waals surface area contributed by atoms with Crippen LogP contribution in [0.25, 0.3) is 0 Å². The lowest BCUT2D eigenvalue weighted by Crippen LogP contribution is -2.48. The van der Waals surface area contributed by atoms with Gasteiger partial charge < -0.3 is 14.8 Å². The fraction of sp³-hybridized carbons (Fsp3) is 0.636. The first-order chi connectivity index (χ1) is 14.4. The van der Waals surface area contributed by atoms with E-state index in [9.17, 15) is 9.59 Å². The average molecular weight is 470 g/mol. The van der Waals surface area contributed by atoms with Gasteiger partial charge in [-0.2, -0.15) is 0 Å². The molecule has 8 heteroatoms. The van der Waals surface area contributed by atoms with Gasteiger partial charge in [-0.3, -0.25) is 9.59 Å². The van der Waals surface area contributed by atoms with Gasteiger partial charge in [-0.05, 0) is 62.6 Å². The largest absolute Gasteiger partial charge is 0.495 e. The van der Waals surface area contributed by atoms with Crippen LogP contribution in [0.15, 0.2) is 18.2 Å². The van der Waals surface area contributed by atoms with Crippen molar-refractivity contribution in [3.8, 4) is 5.75 Å². The molecular formula is C22H28ClNO4S2. The van der Waals surface area contributed by atoms with Crippen LogP contribution in [-0.4, -0.2) is 40.7 Å². The summed E-state index contributed by atoms with van der Waals surface area (Å²) >= 11 is 10.3. The fourth-order valence-corrected chi connectivity index (χ4v) is 9.25. The Morgan fingerprint density at radius 1 is 1.20 bits per heavy atom. The van der Waals surface area contributed by atoms with Crippen LogP contribution >= 0.6 is 35.1 Å². The molecule has 1 amide bonds. The van der Waals surface area contributed by atoms with E-state index in [0.29, 0.717) is 32.4 Å². The number of benzene rings is 1. The summed E-state index contributed by atoms with van der Waals surface area (Å²) < 4.78 is 11.2. The number of hydrogen-bond acceptors (Lipinski definition) is 6. The molecule has 3 fully saturated rings. The number of halogens is 1. The molecule has 1 aromatic rings. The third-order valence-electron chi connectivity index (χ3n) is 6.53. The van der Waals surface area contributed by atoms with Gasteiger partial charge in [0.1, 0.15) is 5.75 Å². The van der Waals surface area contributed by atoms with Crippen LogP contribution in [0, 0.1) is 17.8 Å². The SMILES string of the molecule is COc1ccc(Cl)cc1NC(=O)C(C)OC(=O)C1CC2CCCC(C1)C21SCCS1. The Hall–Kier alpha value is -1.05. The van der Waals surface area contributed by atoms with Crippen molar-refractivity contribution in [1.29, 1.82) is 0 Å². The normalized spacial score (nSPS) is 28.0. The topological polar surface area (TPSA) is 64.6 Å². The molecule has 3 atom stereocenters. The van der Waals surface area contributed by atoms with Gasteiger partial charge in [-0.25, -0.2) is 0 Å². The number of ether oxygens (including phenoxy) is 2. The predicted molar refractivity (Wildman–Crippen MR) is 123 cm³/mol. The van der Waals surface area contributed by atoms with Crippen molar-refractivity contribution in [2.45, 2.75) is 49.2 Å². The van der Waals surface area contributed by atoms with Gasteiger partial charge >= 0.3 is 5.97 Å². The zero-order chi connectivity index (χ0) is 21.3. The van der Waals surface area contributed by atoms with Crippen LogP contribution in [0.4, 0.5) is 5.69 Å². The van der Waals surface area contributed by atoms with Gasteiger partial charge in [0.25, 0.3) is 5.91 Å². The van der Waals surface area contributed by atoms with Gasteiger partial charge in [0.05, 0.1) is 22.8 Å². The van der Waals surface area contributed by atoms with Crippen LogP contribution < -0.4 is 10.1 Å². The maximum Gasteiger partial charge on any atom is 0.309 e. The Labute approximate surface area is 191 Å². The van der Waals surface area contributed by atoms with E-state index in [2.05, 4.69) is 28.8 Å². The predicted octanol–water partition coefficient (Wildman–Crippen LogP) is 5.22. The minimum Gasteiger partial charge on any atom is -0.495 e. The number of esters is 1. The summed E-state index contributed by atoms with van der Waals surface area (Å²) in [5.41, 5.74) is 0.460. The summed E-state index contributed by atoms with van der Waals surface area (Å²) in [5, 5.41) is 3.24. The van der Waals surface area contributed by atoms with Crippen LogP contribution in [0.1, 0.15) is 39.0 Å². The van der Waals surface area contributed by atoms with Crippen molar-refractivity contribution in [3.05, 3.63) is 23.2 Å². The number of amides is 1. The molecule has 164 valence electrons. The molecule has 1 aliphatic heterocycles. The van der Waals surface area contributed by atoms with Crippen molar-refractivity contribution in [3.63, 3.8) is 0 Å². The van der Waals surface area contributed by atoms with E-state index in [4.69, 9.17) is 21.1 Å². The van der Waals surface area contributed by atoms with E-state index in [1.54, 1.807) is 25.1 Å².